The Balaban J connectivity index is 2.32. The number of methoxy groups -OCH3 is 1. The van der Waals surface area contributed by atoms with Gasteiger partial charge in [0.15, 0.2) is 5.79 Å². The first-order valence-electron chi connectivity index (χ1n) is 9.52. The fraction of sp³-hybridized carbons (Fsp3) is 0.455. The van der Waals surface area contributed by atoms with E-state index in [1.54, 1.807) is 45.0 Å². The Morgan fingerprint density at radius 3 is 2.60 bits per heavy atom. The van der Waals surface area contributed by atoms with E-state index in [0.29, 0.717) is 11.1 Å². The van der Waals surface area contributed by atoms with Gasteiger partial charge in [0.05, 0.1) is 6.61 Å². The molecule has 1 aromatic carbocycles. The number of nitriles is 1. The highest BCUT2D eigenvalue weighted by molar-refractivity contribution is 5.81. The van der Waals surface area contributed by atoms with Crippen molar-refractivity contribution in [1.29, 1.82) is 5.26 Å². The van der Waals surface area contributed by atoms with Gasteiger partial charge in [0, 0.05) is 13.3 Å². The van der Waals surface area contributed by atoms with Gasteiger partial charge in [-0.3, -0.25) is 9.69 Å². The number of amides is 1. The molecule has 0 aromatic heterocycles. The van der Waals surface area contributed by atoms with Crippen molar-refractivity contribution in [2.45, 2.75) is 44.9 Å². The van der Waals surface area contributed by atoms with Crippen LogP contribution in [0.4, 0.5) is 0 Å². The monoisotopic (exact) mass is 416 g/mol. The summed E-state index contributed by atoms with van der Waals surface area (Å²) in [5.41, 5.74) is 0.965. The minimum atomic E-state index is -1.17. The average molecular weight is 416 g/mol. The standard InChI is InChI=1S/C22H28N2O6/c1-15(21(27)16-8-6-5-7-9-16)12-24(20(26)14-28-4)17(11-23)10-18(25)19-13-29-22(2,3)30-19/h5-10,12,18-19,21,25,27H,13-14H2,1-4H3/b15-12+,17-10-/t18-,19+,21+/m0/s1. The van der Waals surface area contributed by atoms with E-state index in [1.165, 1.54) is 19.4 Å². The van der Waals surface area contributed by atoms with Crippen LogP contribution >= 0.6 is 0 Å². The molecule has 30 heavy (non-hydrogen) atoms. The molecule has 0 unspecified atom stereocenters. The van der Waals surface area contributed by atoms with Crippen LogP contribution in [0.25, 0.3) is 0 Å². The molecule has 1 aliphatic rings. The van der Waals surface area contributed by atoms with Crippen molar-refractivity contribution < 1.29 is 29.2 Å². The summed E-state index contributed by atoms with van der Waals surface area (Å²) in [5.74, 6) is -1.37. The number of benzene rings is 1. The summed E-state index contributed by atoms with van der Waals surface area (Å²) < 4.78 is 16.0. The van der Waals surface area contributed by atoms with Crippen LogP contribution in [0, 0.1) is 11.3 Å². The maximum atomic E-state index is 12.6. The van der Waals surface area contributed by atoms with E-state index >= 15 is 0 Å². The number of rotatable bonds is 8. The van der Waals surface area contributed by atoms with Gasteiger partial charge in [0.2, 0.25) is 0 Å². The first kappa shape index (κ1) is 23.7. The van der Waals surface area contributed by atoms with Gasteiger partial charge in [0.1, 0.15) is 36.7 Å². The molecule has 0 radical (unpaired) electrons. The summed E-state index contributed by atoms with van der Waals surface area (Å²) in [4.78, 5) is 13.7. The molecule has 1 heterocycles. The molecule has 1 fully saturated rings. The Labute approximate surface area is 176 Å². The average Bonchev–Trinajstić information content (AvgIpc) is 3.10. The molecule has 1 amide bonds. The quantitative estimate of drug-likeness (QED) is 0.624. The van der Waals surface area contributed by atoms with E-state index in [0.717, 1.165) is 4.90 Å². The Morgan fingerprint density at radius 1 is 1.40 bits per heavy atom. The fourth-order valence-corrected chi connectivity index (χ4v) is 2.97. The number of aliphatic hydroxyl groups excluding tert-OH is 2. The molecule has 0 saturated carbocycles. The minimum absolute atomic E-state index is 0.113. The van der Waals surface area contributed by atoms with E-state index in [-0.39, 0.29) is 18.9 Å². The molecule has 162 valence electrons. The zero-order valence-corrected chi connectivity index (χ0v) is 17.6. The first-order chi connectivity index (χ1) is 14.2. The van der Waals surface area contributed by atoms with Crippen LogP contribution in [0.3, 0.4) is 0 Å². The van der Waals surface area contributed by atoms with Crippen LogP contribution < -0.4 is 0 Å². The molecule has 1 aliphatic heterocycles. The van der Waals surface area contributed by atoms with Gasteiger partial charge >= 0.3 is 0 Å². The number of nitrogens with zero attached hydrogens (tertiary/aromatic N) is 2. The minimum Gasteiger partial charge on any atom is -0.386 e. The number of carbonyl (C=O) groups is 1. The van der Waals surface area contributed by atoms with Crippen LogP contribution in [0.2, 0.25) is 0 Å². The molecule has 8 heteroatoms. The van der Waals surface area contributed by atoms with Gasteiger partial charge in [0.25, 0.3) is 5.91 Å². The van der Waals surface area contributed by atoms with Crippen LogP contribution in [-0.2, 0) is 19.0 Å². The van der Waals surface area contributed by atoms with Crippen molar-refractivity contribution in [3.8, 4) is 6.07 Å². The first-order valence-corrected chi connectivity index (χ1v) is 9.52. The second-order valence-electron chi connectivity index (χ2n) is 7.40. The van der Waals surface area contributed by atoms with Crippen molar-refractivity contribution >= 4 is 5.91 Å². The Morgan fingerprint density at radius 2 is 2.07 bits per heavy atom. The molecule has 0 bridgehead atoms. The number of hydrogen-bond donors (Lipinski definition) is 2. The topological polar surface area (TPSA) is 112 Å². The van der Waals surface area contributed by atoms with E-state index < -0.39 is 30.0 Å². The normalized spacial score (nSPS) is 21.0. The number of ether oxygens (including phenoxy) is 3. The molecule has 0 aliphatic carbocycles. The van der Waals surface area contributed by atoms with Crippen molar-refractivity contribution in [2.24, 2.45) is 0 Å². The predicted octanol–water partition coefficient (Wildman–Crippen LogP) is 2.02. The summed E-state index contributed by atoms with van der Waals surface area (Å²) in [6.45, 7) is 4.96. The summed E-state index contributed by atoms with van der Waals surface area (Å²) in [6, 6.07) is 10.9. The second-order valence-corrected chi connectivity index (χ2v) is 7.40. The summed E-state index contributed by atoms with van der Waals surface area (Å²) in [7, 11) is 1.36. The smallest absolute Gasteiger partial charge is 0.257 e. The molecule has 1 saturated heterocycles. The van der Waals surface area contributed by atoms with Crippen LogP contribution in [0.1, 0.15) is 32.4 Å². The molecule has 3 atom stereocenters. The van der Waals surface area contributed by atoms with Gasteiger partial charge in [-0.15, -0.1) is 0 Å². The van der Waals surface area contributed by atoms with E-state index in [2.05, 4.69) is 0 Å². The highest BCUT2D eigenvalue weighted by Crippen LogP contribution is 2.26. The molecule has 0 spiro atoms. The molecular weight excluding hydrogens is 388 g/mol. The zero-order valence-electron chi connectivity index (χ0n) is 17.6. The molecular formula is C22H28N2O6. The van der Waals surface area contributed by atoms with Crippen molar-refractivity contribution in [2.75, 3.05) is 20.3 Å². The van der Waals surface area contributed by atoms with Gasteiger partial charge in [-0.25, -0.2) is 0 Å². The third-order valence-electron chi connectivity index (χ3n) is 4.53. The van der Waals surface area contributed by atoms with Gasteiger partial charge < -0.3 is 24.4 Å². The van der Waals surface area contributed by atoms with Crippen molar-refractivity contribution in [1.82, 2.24) is 4.90 Å². The molecule has 8 nitrogen and oxygen atoms in total. The highest BCUT2D eigenvalue weighted by Gasteiger charge is 2.36. The lowest BCUT2D eigenvalue weighted by molar-refractivity contribution is -0.147. The van der Waals surface area contributed by atoms with Crippen LogP contribution in [0.5, 0.6) is 0 Å². The number of aliphatic hydroxyl groups is 2. The lowest BCUT2D eigenvalue weighted by atomic mass is 10.0. The SMILES string of the molecule is COCC(=O)N(/C=C(\C)[C@@H](O)c1ccccc1)/C(C#N)=C\[C@H](O)[C@H]1COC(C)(C)O1. The fourth-order valence-electron chi connectivity index (χ4n) is 2.97. The van der Waals surface area contributed by atoms with Gasteiger partial charge in [-0.1, -0.05) is 30.3 Å². The van der Waals surface area contributed by atoms with Crippen LogP contribution in [-0.4, -0.2) is 59.3 Å². The zero-order chi connectivity index (χ0) is 22.3. The Bertz CT molecular complexity index is 828. The highest BCUT2D eigenvalue weighted by atomic mass is 16.7. The third-order valence-corrected chi connectivity index (χ3v) is 4.53. The Hall–Kier alpha value is -2.54. The van der Waals surface area contributed by atoms with E-state index in [9.17, 15) is 20.3 Å². The van der Waals surface area contributed by atoms with E-state index in [4.69, 9.17) is 14.2 Å². The maximum absolute atomic E-state index is 12.6. The van der Waals surface area contributed by atoms with Gasteiger partial charge in [-0.2, -0.15) is 5.26 Å². The molecule has 1 aromatic rings. The summed E-state index contributed by atoms with van der Waals surface area (Å²) >= 11 is 0. The molecule has 2 rings (SSSR count). The van der Waals surface area contributed by atoms with Crippen molar-refractivity contribution in [3.63, 3.8) is 0 Å². The second kappa shape index (κ2) is 10.5. The Kier molecular flexibility index (Phi) is 8.29. The van der Waals surface area contributed by atoms with Crippen LogP contribution in [0.15, 0.2) is 53.9 Å². The van der Waals surface area contributed by atoms with Gasteiger partial charge in [-0.05, 0) is 38.0 Å². The number of carbonyl (C=O) groups excluding carboxylic acids is 1. The lowest BCUT2D eigenvalue weighted by Crippen LogP contribution is -2.33. The summed E-state index contributed by atoms with van der Waals surface area (Å²) in [6.07, 6.45) is -0.214. The summed E-state index contributed by atoms with van der Waals surface area (Å²) in [5, 5.41) is 30.7. The molecule has 2 N–H and O–H groups in total. The largest absolute Gasteiger partial charge is 0.386 e. The van der Waals surface area contributed by atoms with E-state index in [1.807, 2.05) is 12.1 Å². The lowest BCUT2D eigenvalue weighted by Gasteiger charge is -2.22. The maximum Gasteiger partial charge on any atom is 0.257 e. The predicted molar refractivity (Wildman–Crippen MR) is 108 cm³/mol. The number of allylic oxidation sites excluding steroid dienone is 1. The van der Waals surface area contributed by atoms with Crippen molar-refractivity contribution in [3.05, 3.63) is 59.4 Å². The third kappa shape index (κ3) is 6.23. The number of hydrogen-bond acceptors (Lipinski definition) is 7.